The van der Waals surface area contributed by atoms with E-state index in [2.05, 4.69) is 13.8 Å². The Balaban J connectivity index is 2.02. The number of carbonyl (C=O) groups is 2. The zero-order chi connectivity index (χ0) is 17.5. The maximum absolute atomic E-state index is 12.2. The lowest BCUT2D eigenvalue weighted by Gasteiger charge is -2.10. The van der Waals surface area contributed by atoms with Gasteiger partial charge in [-0.3, -0.25) is 4.79 Å². The van der Waals surface area contributed by atoms with Crippen molar-refractivity contribution >= 4 is 11.8 Å². The highest BCUT2D eigenvalue weighted by atomic mass is 16.5. The molecule has 2 aromatic carbocycles. The van der Waals surface area contributed by atoms with Crippen molar-refractivity contribution in [3.63, 3.8) is 0 Å². The van der Waals surface area contributed by atoms with Crippen LogP contribution in [-0.4, -0.2) is 18.4 Å². The van der Waals surface area contributed by atoms with Crippen molar-refractivity contribution in [3.05, 3.63) is 59.7 Å². The molecule has 0 saturated heterocycles. The third kappa shape index (κ3) is 4.95. The van der Waals surface area contributed by atoms with Gasteiger partial charge in [0.05, 0.1) is 17.7 Å². The van der Waals surface area contributed by atoms with E-state index < -0.39 is 5.97 Å². The van der Waals surface area contributed by atoms with Gasteiger partial charge in [0.2, 0.25) is 0 Å². The SMILES string of the molecule is CC(=O)c1ccccc1OC(=O)c1ccc(OCCC(C)C)cc1. The molecule has 0 aliphatic heterocycles. The molecule has 0 heterocycles. The third-order valence-electron chi connectivity index (χ3n) is 3.52. The first-order valence-corrected chi connectivity index (χ1v) is 8.02. The smallest absolute Gasteiger partial charge is 0.343 e. The molecule has 24 heavy (non-hydrogen) atoms. The highest BCUT2D eigenvalue weighted by molar-refractivity contribution is 5.99. The van der Waals surface area contributed by atoms with Crippen molar-refractivity contribution < 1.29 is 19.1 Å². The number of esters is 1. The second-order valence-corrected chi connectivity index (χ2v) is 6.00. The van der Waals surface area contributed by atoms with Crippen LogP contribution in [0.15, 0.2) is 48.5 Å². The Kier molecular flexibility index (Phi) is 6.13. The molecule has 0 fully saturated rings. The topological polar surface area (TPSA) is 52.6 Å². The van der Waals surface area contributed by atoms with Gasteiger partial charge in [-0.2, -0.15) is 0 Å². The fourth-order valence-electron chi connectivity index (χ4n) is 2.11. The van der Waals surface area contributed by atoms with Gasteiger partial charge in [0.1, 0.15) is 11.5 Å². The Morgan fingerprint density at radius 3 is 2.29 bits per heavy atom. The van der Waals surface area contributed by atoms with Crippen molar-refractivity contribution in [2.24, 2.45) is 5.92 Å². The van der Waals surface area contributed by atoms with Gasteiger partial charge in [0.15, 0.2) is 5.78 Å². The van der Waals surface area contributed by atoms with Crippen molar-refractivity contribution in [3.8, 4) is 11.5 Å². The highest BCUT2D eigenvalue weighted by Crippen LogP contribution is 2.21. The van der Waals surface area contributed by atoms with Gasteiger partial charge in [-0.15, -0.1) is 0 Å². The zero-order valence-corrected chi connectivity index (χ0v) is 14.2. The predicted molar refractivity (Wildman–Crippen MR) is 92.8 cm³/mol. The van der Waals surface area contributed by atoms with E-state index in [1.807, 2.05) is 0 Å². The first-order valence-electron chi connectivity index (χ1n) is 8.02. The number of Topliss-reactive ketones (excluding diaryl/α,β-unsaturated/α-hetero) is 1. The van der Waals surface area contributed by atoms with Crippen LogP contribution >= 0.6 is 0 Å². The van der Waals surface area contributed by atoms with E-state index in [1.54, 1.807) is 48.5 Å². The minimum atomic E-state index is -0.502. The lowest BCUT2D eigenvalue weighted by molar-refractivity contribution is 0.0733. The van der Waals surface area contributed by atoms with E-state index in [-0.39, 0.29) is 11.5 Å². The number of hydrogen-bond acceptors (Lipinski definition) is 4. The molecule has 0 aromatic heterocycles. The largest absolute Gasteiger partial charge is 0.494 e. The average molecular weight is 326 g/mol. The van der Waals surface area contributed by atoms with Gasteiger partial charge in [-0.25, -0.2) is 4.79 Å². The molecule has 0 aliphatic carbocycles. The average Bonchev–Trinajstić information content (AvgIpc) is 2.55. The number of benzene rings is 2. The minimum absolute atomic E-state index is 0.146. The van der Waals surface area contributed by atoms with Crippen LogP contribution in [0.1, 0.15) is 47.9 Å². The number of para-hydroxylation sites is 1. The normalized spacial score (nSPS) is 10.5. The summed E-state index contributed by atoms with van der Waals surface area (Å²) in [5.41, 5.74) is 0.795. The van der Waals surface area contributed by atoms with Crippen LogP contribution in [0.5, 0.6) is 11.5 Å². The molecule has 0 bridgehead atoms. The molecule has 0 radical (unpaired) electrons. The van der Waals surface area contributed by atoms with Gasteiger partial charge < -0.3 is 9.47 Å². The zero-order valence-electron chi connectivity index (χ0n) is 14.2. The van der Waals surface area contributed by atoms with E-state index in [4.69, 9.17) is 9.47 Å². The Bertz CT molecular complexity index is 702. The molecule has 0 N–H and O–H groups in total. The summed E-state index contributed by atoms with van der Waals surface area (Å²) in [6.07, 6.45) is 0.978. The van der Waals surface area contributed by atoms with E-state index in [0.717, 1.165) is 12.2 Å². The minimum Gasteiger partial charge on any atom is -0.494 e. The van der Waals surface area contributed by atoms with Crippen LogP contribution in [0, 0.1) is 5.92 Å². The first kappa shape index (κ1) is 17.7. The summed E-state index contributed by atoms with van der Waals surface area (Å²) in [6.45, 7) is 6.37. The number of ketones is 1. The molecule has 0 spiro atoms. The van der Waals surface area contributed by atoms with Gasteiger partial charge in [-0.1, -0.05) is 26.0 Å². The van der Waals surface area contributed by atoms with Crippen LogP contribution < -0.4 is 9.47 Å². The fraction of sp³-hybridized carbons (Fsp3) is 0.300. The molecule has 0 unspecified atom stereocenters. The summed E-state index contributed by atoms with van der Waals surface area (Å²) < 4.78 is 11.0. The maximum Gasteiger partial charge on any atom is 0.343 e. The van der Waals surface area contributed by atoms with Crippen molar-refractivity contribution in [2.75, 3.05) is 6.61 Å². The number of ether oxygens (including phenoxy) is 2. The van der Waals surface area contributed by atoms with Crippen LogP contribution in [0.4, 0.5) is 0 Å². The molecular formula is C20H22O4. The van der Waals surface area contributed by atoms with Gasteiger partial charge >= 0.3 is 5.97 Å². The fourth-order valence-corrected chi connectivity index (χ4v) is 2.11. The Hall–Kier alpha value is -2.62. The van der Waals surface area contributed by atoms with Crippen molar-refractivity contribution in [1.29, 1.82) is 0 Å². The van der Waals surface area contributed by atoms with Crippen molar-refractivity contribution in [2.45, 2.75) is 27.2 Å². The monoisotopic (exact) mass is 326 g/mol. The standard InChI is InChI=1S/C20H22O4/c1-14(2)12-13-23-17-10-8-16(9-11-17)20(22)24-19-7-5-4-6-18(19)15(3)21/h4-11,14H,12-13H2,1-3H3. The van der Waals surface area contributed by atoms with E-state index in [9.17, 15) is 9.59 Å². The van der Waals surface area contributed by atoms with Crippen molar-refractivity contribution in [1.82, 2.24) is 0 Å². The molecule has 0 saturated carbocycles. The summed E-state index contributed by atoms with van der Waals surface area (Å²) in [6, 6.07) is 13.5. The predicted octanol–water partition coefficient (Wildman–Crippen LogP) is 4.53. The summed E-state index contributed by atoms with van der Waals surface area (Å²) >= 11 is 0. The summed E-state index contributed by atoms with van der Waals surface area (Å²) in [4.78, 5) is 23.8. The maximum atomic E-state index is 12.2. The third-order valence-corrected chi connectivity index (χ3v) is 3.52. The molecule has 2 aromatic rings. The van der Waals surface area contributed by atoms with E-state index in [0.29, 0.717) is 23.7 Å². The molecule has 0 amide bonds. The summed E-state index contributed by atoms with van der Waals surface area (Å²) in [5.74, 6) is 0.925. The lowest BCUT2D eigenvalue weighted by atomic mass is 10.1. The molecule has 126 valence electrons. The van der Waals surface area contributed by atoms with Crippen LogP contribution in [-0.2, 0) is 0 Å². The number of hydrogen-bond donors (Lipinski definition) is 0. The lowest BCUT2D eigenvalue weighted by Crippen LogP contribution is -2.11. The first-order chi connectivity index (χ1) is 11.5. The summed E-state index contributed by atoms with van der Waals surface area (Å²) in [7, 11) is 0. The molecular weight excluding hydrogens is 304 g/mol. The van der Waals surface area contributed by atoms with Gasteiger partial charge in [0, 0.05) is 0 Å². The number of rotatable bonds is 7. The Labute approximate surface area is 142 Å². The Morgan fingerprint density at radius 2 is 1.67 bits per heavy atom. The van der Waals surface area contributed by atoms with E-state index >= 15 is 0 Å². The molecule has 0 aliphatic rings. The molecule has 4 nitrogen and oxygen atoms in total. The number of carbonyl (C=O) groups excluding carboxylic acids is 2. The second-order valence-electron chi connectivity index (χ2n) is 6.00. The van der Waals surface area contributed by atoms with Gasteiger partial charge in [-0.05, 0) is 55.7 Å². The Morgan fingerprint density at radius 1 is 1.00 bits per heavy atom. The van der Waals surface area contributed by atoms with Crippen LogP contribution in [0.3, 0.4) is 0 Å². The van der Waals surface area contributed by atoms with E-state index in [1.165, 1.54) is 6.92 Å². The highest BCUT2D eigenvalue weighted by Gasteiger charge is 2.13. The molecule has 4 heteroatoms. The molecule has 2 rings (SSSR count). The quantitative estimate of drug-likeness (QED) is 0.426. The summed E-state index contributed by atoms with van der Waals surface area (Å²) in [5, 5.41) is 0. The van der Waals surface area contributed by atoms with Crippen LogP contribution in [0.2, 0.25) is 0 Å². The second kappa shape index (κ2) is 8.29. The molecule has 0 atom stereocenters. The van der Waals surface area contributed by atoms with Crippen LogP contribution in [0.25, 0.3) is 0 Å². The van der Waals surface area contributed by atoms with Gasteiger partial charge in [0.25, 0.3) is 0 Å².